The van der Waals surface area contributed by atoms with Gasteiger partial charge in [-0.1, -0.05) is 0 Å². The first-order valence-corrected chi connectivity index (χ1v) is 8.41. The number of carbonyl (C=O) groups is 1. The molecule has 5 heteroatoms. The molecule has 1 aliphatic heterocycles. The zero-order valence-electron chi connectivity index (χ0n) is 15.4. The van der Waals surface area contributed by atoms with Crippen LogP contribution in [0.15, 0.2) is 12.1 Å². The van der Waals surface area contributed by atoms with Crippen LogP contribution in [0, 0.1) is 6.92 Å². The zero-order valence-corrected chi connectivity index (χ0v) is 15.4. The van der Waals surface area contributed by atoms with Crippen LogP contribution in [0.5, 0.6) is 0 Å². The Labute approximate surface area is 143 Å². The first-order valence-electron chi connectivity index (χ1n) is 8.41. The summed E-state index contributed by atoms with van der Waals surface area (Å²) >= 11 is 0. The molecule has 3 rings (SSSR count). The van der Waals surface area contributed by atoms with Crippen molar-refractivity contribution >= 4 is 16.9 Å². The fourth-order valence-electron chi connectivity index (χ4n) is 3.72. The number of likely N-dealkylation sites (N-methyl/N-ethyl adjacent to an activating group) is 1. The minimum atomic E-state index is -0.843. The summed E-state index contributed by atoms with van der Waals surface area (Å²) in [6, 6.07) is 3.75. The number of benzene rings is 1. The average molecular weight is 329 g/mol. The number of nitrogens with zero attached hydrogens (tertiary/aromatic N) is 2. The van der Waals surface area contributed by atoms with Crippen LogP contribution >= 0.6 is 0 Å². The van der Waals surface area contributed by atoms with Gasteiger partial charge in [-0.05, 0) is 58.0 Å². The molecule has 1 aromatic carbocycles. The molecule has 1 aliphatic rings. The quantitative estimate of drug-likeness (QED) is 0.909. The van der Waals surface area contributed by atoms with E-state index in [1.165, 1.54) is 11.1 Å². The number of fused-ring (bicyclic) bond motifs is 2. The lowest BCUT2D eigenvalue weighted by molar-refractivity contribution is -0.139. The predicted molar refractivity (Wildman–Crippen MR) is 96.1 cm³/mol. The maximum atomic E-state index is 11.7. The molecule has 0 spiro atoms. The van der Waals surface area contributed by atoms with Crippen LogP contribution in [0.25, 0.3) is 10.9 Å². The molecule has 0 saturated heterocycles. The highest BCUT2D eigenvalue weighted by atomic mass is 16.4. The van der Waals surface area contributed by atoms with E-state index >= 15 is 0 Å². The Hall–Kier alpha value is -1.85. The highest BCUT2D eigenvalue weighted by Gasteiger charge is 2.31. The van der Waals surface area contributed by atoms with E-state index in [2.05, 4.69) is 47.7 Å². The number of carboxylic acid groups (broad SMARTS) is 1. The molecular formula is C19H27N3O2. The van der Waals surface area contributed by atoms with E-state index in [0.29, 0.717) is 0 Å². The van der Waals surface area contributed by atoms with Gasteiger partial charge in [-0.3, -0.25) is 9.69 Å². The molecule has 0 saturated carbocycles. The van der Waals surface area contributed by atoms with E-state index in [1.54, 1.807) is 7.05 Å². The van der Waals surface area contributed by atoms with Crippen molar-refractivity contribution in [1.29, 1.82) is 0 Å². The standard InChI is InChI=1S/C19H27N3O2/c1-11-16(17(20-5)18(23)24)14-7-12-9-22(19(2,3)4)10-13(12)8-15(14)21(11)6/h7-8,17,20H,9-10H2,1-6H3,(H,23,24). The smallest absolute Gasteiger partial charge is 0.325 e. The van der Waals surface area contributed by atoms with E-state index in [1.807, 2.05) is 14.0 Å². The van der Waals surface area contributed by atoms with Crippen molar-refractivity contribution < 1.29 is 9.90 Å². The van der Waals surface area contributed by atoms with Gasteiger partial charge in [0, 0.05) is 47.8 Å². The Balaban J connectivity index is 2.17. The van der Waals surface area contributed by atoms with Crippen molar-refractivity contribution in [2.45, 2.75) is 52.4 Å². The largest absolute Gasteiger partial charge is 0.480 e. The molecule has 0 aliphatic carbocycles. The third-order valence-electron chi connectivity index (χ3n) is 5.36. The summed E-state index contributed by atoms with van der Waals surface area (Å²) in [5, 5.41) is 13.6. The van der Waals surface area contributed by atoms with Crippen LogP contribution in [0.1, 0.15) is 49.2 Å². The van der Waals surface area contributed by atoms with Crippen molar-refractivity contribution in [3.8, 4) is 0 Å². The normalized spacial score (nSPS) is 16.6. The first kappa shape index (κ1) is 17.0. The van der Waals surface area contributed by atoms with Gasteiger partial charge in [0.15, 0.2) is 0 Å². The number of aryl methyl sites for hydroxylation is 1. The lowest BCUT2D eigenvalue weighted by atomic mass is 10.00. The van der Waals surface area contributed by atoms with E-state index in [0.717, 1.165) is 35.2 Å². The van der Waals surface area contributed by atoms with Crippen LogP contribution in [0.2, 0.25) is 0 Å². The number of hydrogen-bond acceptors (Lipinski definition) is 3. The Morgan fingerprint density at radius 3 is 2.33 bits per heavy atom. The van der Waals surface area contributed by atoms with Crippen molar-refractivity contribution in [2.75, 3.05) is 7.05 Å². The SMILES string of the molecule is CNC(C(=O)O)c1c(C)n(C)c2cc3c(cc12)CN(C(C)(C)C)C3. The summed E-state index contributed by atoms with van der Waals surface area (Å²) in [6.07, 6.45) is 0. The molecule has 0 bridgehead atoms. The molecule has 1 atom stereocenters. The van der Waals surface area contributed by atoms with Crippen LogP contribution in [0.3, 0.4) is 0 Å². The Morgan fingerprint density at radius 1 is 1.25 bits per heavy atom. The van der Waals surface area contributed by atoms with Gasteiger partial charge in [-0.25, -0.2) is 0 Å². The topological polar surface area (TPSA) is 57.5 Å². The molecule has 0 radical (unpaired) electrons. The van der Waals surface area contributed by atoms with Gasteiger partial charge in [-0.2, -0.15) is 0 Å². The summed E-state index contributed by atoms with van der Waals surface area (Å²) in [5.74, 6) is -0.843. The Bertz CT molecular complexity index is 814. The maximum absolute atomic E-state index is 11.7. The number of aromatic nitrogens is 1. The summed E-state index contributed by atoms with van der Waals surface area (Å²) in [5.41, 5.74) is 5.77. The monoisotopic (exact) mass is 329 g/mol. The Kier molecular flexibility index (Phi) is 3.97. The third-order valence-corrected chi connectivity index (χ3v) is 5.36. The van der Waals surface area contributed by atoms with Crippen LogP contribution in [0.4, 0.5) is 0 Å². The molecule has 24 heavy (non-hydrogen) atoms. The lowest BCUT2D eigenvalue weighted by Crippen LogP contribution is -2.36. The third kappa shape index (κ3) is 2.52. The van der Waals surface area contributed by atoms with Crippen LogP contribution in [-0.2, 0) is 24.9 Å². The number of hydrogen-bond donors (Lipinski definition) is 2. The zero-order chi connectivity index (χ0) is 17.8. The summed E-state index contributed by atoms with van der Waals surface area (Å²) in [7, 11) is 3.71. The maximum Gasteiger partial charge on any atom is 0.325 e. The summed E-state index contributed by atoms with van der Waals surface area (Å²) < 4.78 is 2.11. The van der Waals surface area contributed by atoms with E-state index in [9.17, 15) is 9.90 Å². The second-order valence-electron chi connectivity index (χ2n) is 7.78. The number of nitrogens with one attached hydrogen (secondary N) is 1. The van der Waals surface area contributed by atoms with Crippen LogP contribution in [-0.4, -0.2) is 33.1 Å². The molecule has 0 amide bonds. The molecule has 2 N–H and O–H groups in total. The van der Waals surface area contributed by atoms with Gasteiger partial charge in [-0.15, -0.1) is 0 Å². The van der Waals surface area contributed by atoms with Gasteiger partial charge in [0.2, 0.25) is 0 Å². The fraction of sp³-hybridized carbons (Fsp3) is 0.526. The Morgan fingerprint density at radius 2 is 1.83 bits per heavy atom. The highest BCUT2D eigenvalue weighted by Crippen LogP contribution is 2.36. The molecule has 2 heterocycles. The number of rotatable bonds is 3. The second kappa shape index (κ2) is 5.60. The minimum absolute atomic E-state index is 0.124. The summed E-state index contributed by atoms with van der Waals surface area (Å²) in [6.45, 7) is 10.6. The fourth-order valence-corrected chi connectivity index (χ4v) is 3.72. The van der Waals surface area contributed by atoms with Gasteiger partial charge in [0.1, 0.15) is 6.04 Å². The molecule has 5 nitrogen and oxygen atoms in total. The molecule has 1 unspecified atom stereocenters. The molecule has 1 aromatic heterocycles. The molecular weight excluding hydrogens is 302 g/mol. The first-order chi connectivity index (χ1) is 11.1. The van der Waals surface area contributed by atoms with E-state index in [-0.39, 0.29) is 5.54 Å². The highest BCUT2D eigenvalue weighted by molar-refractivity contribution is 5.92. The van der Waals surface area contributed by atoms with Gasteiger partial charge >= 0.3 is 5.97 Å². The molecule has 0 fully saturated rings. The molecule has 2 aromatic rings. The van der Waals surface area contributed by atoms with Crippen molar-refractivity contribution in [1.82, 2.24) is 14.8 Å². The lowest BCUT2D eigenvalue weighted by Gasteiger charge is -2.31. The predicted octanol–water partition coefficient (Wildman–Crippen LogP) is 2.95. The van der Waals surface area contributed by atoms with Gasteiger partial charge < -0.3 is 15.0 Å². The van der Waals surface area contributed by atoms with Crippen molar-refractivity contribution in [2.24, 2.45) is 7.05 Å². The average Bonchev–Trinajstić information content (AvgIpc) is 3.00. The summed E-state index contributed by atoms with van der Waals surface area (Å²) in [4.78, 5) is 14.1. The van der Waals surface area contributed by atoms with Crippen LogP contribution < -0.4 is 5.32 Å². The minimum Gasteiger partial charge on any atom is -0.480 e. The van der Waals surface area contributed by atoms with E-state index in [4.69, 9.17) is 0 Å². The van der Waals surface area contributed by atoms with Crippen molar-refractivity contribution in [3.05, 3.63) is 34.5 Å². The second-order valence-corrected chi connectivity index (χ2v) is 7.78. The molecule has 130 valence electrons. The van der Waals surface area contributed by atoms with Crippen molar-refractivity contribution in [3.63, 3.8) is 0 Å². The van der Waals surface area contributed by atoms with Gasteiger partial charge in [0.25, 0.3) is 0 Å². The van der Waals surface area contributed by atoms with E-state index < -0.39 is 12.0 Å². The number of carboxylic acids is 1. The number of aliphatic carboxylic acids is 1. The van der Waals surface area contributed by atoms with Gasteiger partial charge in [0.05, 0.1) is 0 Å².